The van der Waals surface area contributed by atoms with Crippen LogP contribution in [0.2, 0.25) is 0 Å². The Kier molecular flexibility index (Phi) is 3.43. The Bertz CT molecular complexity index is 589. The van der Waals surface area contributed by atoms with Gasteiger partial charge in [-0.15, -0.1) is 0 Å². The number of benzene rings is 1. The van der Waals surface area contributed by atoms with Crippen LogP contribution in [0.3, 0.4) is 0 Å². The smallest absolute Gasteiger partial charge is 0.228 e. The molecule has 0 radical (unpaired) electrons. The van der Waals surface area contributed by atoms with E-state index in [-0.39, 0.29) is 29.0 Å². The highest BCUT2D eigenvalue weighted by atomic mass is 19.1. The maximum absolute atomic E-state index is 13.1. The summed E-state index contributed by atoms with van der Waals surface area (Å²) in [6.07, 6.45) is 2.22. The van der Waals surface area contributed by atoms with Crippen LogP contribution in [-0.2, 0) is 9.59 Å². The molecule has 5 heteroatoms. The van der Waals surface area contributed by atoms with E-state index in [9.17, 15) is 14.0 Å². The van der Waals surface area contributed by atoms with Crippen LogP contribution in [0.4, 0.5) is 10.1 Å². The molecule has 1 saturated carbocycles. The molecule has 1 aromatic carbocycles. The van der Waals surface area contributed by atoms with Crippen molar-refractivity contribution in [2.45, 2.75) is 26.2 Å². The molecule has 1 saturated heterocycles. The zero-order valence-corrected chi connectivity index (χ0v) is 12.1. The second-order valence-electron chi connectivity index (χ2n) is 6.04. The number of nitrogens with zero attached hydrogens (tertiary/aromatic N) is 1. The van der Waals surface area contributed by atoms with Crippen LogP contribution in [0.25, 0.3) is 0 Å². The highest BCUT2D eigenvalue weighted by Gasteiger charge is 2.61. The van der Waals surface area contributed by atoms with Crippen molar-refractivity contribution in [3.05, 3.63) is 30.1 Å². The predicted octanol–water partition coefficient (Wildman–Crippen LogP) is 2.41. The second-order valence-corrected chi connectivity index (χ2v) is 6.04. The van der Waals surface area contributed by atoms with Gasteiger partial charge in [0.2, 0.25) is 11.8 Å². The third-order valence-corrected chi connectivity index (χ3v) is 4.64. The molecule has 1 aliphatic heterocycles. The molecule has 1 aromatic rings. The third kappa shape index (κ3) is 2.64. The van der Waals surface area contributed by atoms with E-state index in [1.165, 1.54) is 12.1 Å². The van der Waals surface area contributed by atoms with Gasteiger partial charge in [0.05, 0.1) is 0 Å². The number of amides is 2. The van der Waals surface area contributed by atoms with E-state index in [0.29, 0.717) is 18.7 Å². The number of hydrogen-bond acceptors (Lipinski definition) is 2. The number of hydrogen-bond donors (Lipinski definition) is 1. The van der Waals surface area contributed by atoms with Gasteiger partial charge in [0.1, 0.15) is 5.82 Å². The van der Waals surface area contributed by atoms with Gasteiger partial charge in [-0.25, -0.2) is 4.39 Å². The average Bonchev–Trinajstić information content (AvgIpc) is 2.99. The van der Waals surface area contributed by atoms with Gasteiger partial charge < -0.3 is 10.2 Å². The number of anilines is 1. The Morgan fingerprint density at radius 3 is 3.00 bits per heavy atom. The van der Waals surface area contributed by atoms with Crippen LogP contribution in [0.5, 0.6) is 0 Å². The van der Waals surface area contributed by atoms with E-state index in [1.807, 2.05) is 11.8 Å². The van der Waals surface area contributed by atoms with Crippen molar-refractivity contribution in [3.63, 3.8) is 0 Å². The summed E-state index contributed by atoms with van der Waals surface area (Å²) in [5, 5.41) is 2.77. The molecule has 1 aliphatic carbocycles. The van der Waals surface area contributed by atoms with Crippen molar-refractivity contribution in [2.24, 2.45) is 11.3 Å². The summed E-state index contributed by atoms with van der Waals surface area (Å²) in [4.78, 5) is 25.8. The number of nitrogens with one attached hydrogen (secondary N) is 1. The molecule has 0 aromatic heterocycles. The molecule has 0 unspecified atom stereocenters. The van der Waals surface area contributed by atoms with Crippen LogP contribution in [0.1, 0.15) is 26.2 Å². The molecule has 0 bridgehead atoms. The van der Waals surface area contributed by atoms with Crippen molar-refractivity contribution in [3.8, 4) is 0 Å². The van der Waals surface area contributed by atoms with Crippen LogP contribution in [0, 0.1) is 17.2 Å². The van der Waals surface area contributed by atoms with Gasteiger partial charge in [-0.3, -0.25) is 9.59 Å². The summed E-state index contributed by atoms with van der Waals surface area (Å²) in [7, 11) is 0. The third-order valence-electron chi connectivity index (χ3n) is 4.64. The molecular formula is C16H19FN2O2. The van der Waals surface area contributed by atoms with E-state index in [2.05, 4.69) is 5.32 Å². The lowest BCUT2D eigenvalue weighted by molar-refractivity contribution is -0.130. The van der Waals surface area contributed by atoms with E-state index >= 15 is 0 Å². The number of rotatable bonds is 3. The minimum Gasteiger partial charge on any atom is -0.342 e. The zero-order valence-electron chi connectivity index (χ0n) is 12.1. The van der Waals surface area contributed by atoms with Crippen LogP contribution < -0.4 is 5.32 Å². The lowest BCUT2D eigenvalue weighted by Crippen LogP contribution is -2.29. The lowest BCUT2D eigenvalue weighted by atomic mass is 10.0. The summed E-state index contributed by atoms with van der Waals surface area (Å²) < 4.78 is 13.1. The first-order valence-corrected chi connectivity index (χ1v) is 7.38. The van der Waals surface area contributed by atoms with Crippen molar-refractivity contribution in [1.82, 2.24) is 4.90 Å². The first-order valence-electron chi connectivity index (χ1n) is 7.38. The van der Waals surface area contributed by atoms with E-state index in [1.54, 1.807) is 12.1 Å². The summed E-state index contributed by atoms with van der Waals surface area (Å²) in [6, 6.07) is 5.91. The molecule has 112 valence electrons. The zero-order chi connectivity index (χ0) is 15.0. The Balaban J connectivity index is 1.60. The van der Waals surface area contributed by atoms with Crippen LogP contribution in [0.15, 0.2) is 24.3 Å². The minimum atomic E-state index is -0.362. The monoisotopic (exact) mass is 290 g/mol. The fraction of sp³-hybridized carbons (Fsp3) is 0.500. The number of likely N-dealkylation sites (tertiary alicyclic amines) is 1. The van der Waals surface area contributed by atoms with Gasteiger partial charge in [0, 0.05) is 36.5 Å². The lowest BCUT2D eigenvalue weighted by Gasteiger charge is -2.15. The number of carbonyl (C=O) groups excluding carboxylic acids is 2. The fourth-order valence-corrected chi connectivity index (χ4v) is 3.30. The normalized spacial score (nSPS) is 27.0. The van der Waals surface area contributed by atoms with Gasteiger partial charge >= 0.3 is 0 Å². The summed E-state index contributed by atoms with van der Waals surface area (Å²) >= 11 is 0. The maximum Gasteiger partial charge on any atom is 0.228 e. The number of carbonyl (C=O) groups is 2. The number of halogens is 1. The molecule has 21 heavy (non-hydrogen) atoms. The van der Waals surface area contributed by atoms with Crippen molar-refractivity contribution in [2.75, 3.05) is 18.4 Å². The Morgan fingerprint density at radius 1 is 1.48 bits per heavy atom. The molecule has 2 atom stereocenters. The SMILES string of the molecule is CCC(=O)N1CC[C@@]2(C[C@@H]2C(=O)Nc2cccc(F)c2)C1. The van der Waals surface area contributed by atoms with E-state index in [4.69, 9.17) is 0 Å². The molecule has 1 heterocycles. The maximum atomic E-state index is 13.1. The summed E-state index contributed by atoms with van der Waals surface area (Å²) in [5.41, 5.74) is 0.448. The largest absolute Gasteiger partial charge is 0.342 e. The first-order chi connectivity index (χ1) is 10.0. The Hall–Kier alpha value is -1.91. The van der Waals surface area contributed by atoms with Gasteiger partial charge in [0.25, 0.3) is 0 Å². The van der Waals surface area contributed by atoms with E-state index in [0.717, 1.165) is 19.4 Å². The van der Waals surface area contributed by atoms with Crippen molar-refractivity contribution >= 4 is 17.5 Å². The summed E-state index contributed by atoms with van der Waals surface area (Å²) in [6.45, 7) is 3.28. The summed E-state index contributed by atoms with van der Waals surface area (Å²) in [5.74, 6) is -0.330. The Morgan fingerprint density at radius 2 is 2.29 bits per heavy atom. The molecule has 1 spiro atoms. The standard InChI is InChI=1S/C16H19FN2O2/c1-2-14(20)19-7-6-16(10-19)9-13(16)15(21)18-12-5-3-4-11(17)8-12/h3-5,8,13H,2,6-7,9-10H2,1H3,(H,18,21)/t13-,16-/m1/s1. The minimum absolute atomic E-state index is 0.0394. The molecule has 1 N–H and O–H groups in total. The van der Waals surface area contributed by atoms with Crippen LogP contribution >= 0.6 is 0 Å². The van der Waals surface area contributed by atoms with Gasteiger partial charge in [-0.05, 0) is 31.0 Å². The van der Waals surface area contributed by atoms with Crippen molar-refractivity contribution < 1.29 is 14.0 Å². The van der Waals surface area contributed by atoms with E-state index < -0.39 is 0 Å². The first kappa shape index (κ1) is 14.0. The molecule has 4 nitrogen and oxygen atoms in total. The van der Waals surface area contributed by atoms with Crippen LogP contribution in [-0.4, -0.2) is 29.8 Å². The highest BCUT2D eigenvalue weighted by molar-refractivity contribution is 5.95. The second kappa shape index (κ2) is 5.13. The molecule has 2 aliphatic rings. The fourth-order valence-electron chi connectivity index (χ4n) is 3.30. The predicted molar refractivity (Wildman–Crippen MR) is 77.1 cm³/mol. The topological polar surface area (TPSA) is 49.4 Å². The Labute approximate surface area is 123 Å². The quantitative estimate of drug-likeness (QED) is 0.929. The van der Waals surface area contributed by atoms with Crippen molar-refractivity contribution in [1.29, 1.82) is 0 Å². The van der Waals surface area contributed by atoms with Gasteiger partial charge in [0.15, 0.2) is 0 Å². The average molecular weight is 290 g/mol. The molecule has 2 fully saturated rings. The molecule has 3 rings (SSSR count). The molecule has 2 amide bonds. The van der Waals surface area contributed by atoms with Gasteiger partial charge in [-0.1, -0.05) is 13.0 Å². The van der Waals surface area contributed by atoms with Gasteiger partial charge in [-0.2, -0.15) is 0 Å². The molecular weight excluding hydrogens is 271 g/mol. The highest BCUT2D eigenvalue weighted by Crippen LogP contribution is 2.58.